The van der Waals surface area contributed by atoms with Crippen LogP contribution in [-0.2, 0) is 11.2 Å². The van der Waals surface area contributed by atoms with Gasteiger partial charge in [-0.3, -0.25) is 4.98 Å². The third-order valence-corrected chi connectivity index (χ3v) is 5.58. The lowest BCUT2D eigenvalue weighted by Crippen LogP contribution is -2.36. The number of pyridine rings is 1. The maximum Gasteiger partial charge on any atom is 0.414 e. The number of carbonyl (C=O) groups excluding carboxylic acids is 1. The van der Waals surface area contributed by atoms with E-state index in [0.717, 1.165) is 29.0 Å². The van der Waals surface area contributed by atoms with E-state index in [1.165, 1.54) is 11.3 Å². The molecule has 1 aliphatic rings. The quantitative estimate of drug-likeness (QED) is 0.664. The first-order valence-electron chi connectivity index (χ1n) is 9.39. The van der Waals surface area contributed by atoms with Crippen LogP contribution in [0.3, 0.4) is 0 Å². The third-order valence-electron chi connectivity index (χ3n) is 4.62. The van der Waals surface area contributed by atoms with Crippen molar-refractivity contribution >= 4 is 33.3 Å². The van der Waals surface area contributed by atoms with Crippen LogP contribution in [0.4, 0.5) is 10.5 Å². The number of carbonyl (C=O) groups is 1. The number of aromatic nitrogens is 2. The zero-order valence-corrected chi connectivity index (χ0v) is 16.9. The highest BCUT2D eigenvalue weighted by Gasteiger charge is 2.20. The molecule has 29 heavy (non-hydrogen) atoms. The maximum absolute atomic E-state index is 12.2. The van der Waals surface area contributed by atoms with Gasteiger partial charge in [-0.25, -0.2) is 4.79 Å². The van der Waals surface area contributed by atoms with Crippen LogP contribution in [0.25, 0.3) is 10.2 Å². The molecule has 1 fully saturated rings. The minimum atomic E-state index is -0.528. The summed E-state index contributed by atoms with van der Waals surface area (Å²) >= 11 is 1.34. The molecule has 8 nitrogen and oxygen atoms in total. The van der Waals surface area contributed by atoms with Crippen LogP contribution in [-0.4, -0.2) is 56.0 Å². The Hall–Kier alpha value is -2.91. The molecular weight excluding hydrogens is 392 g/mol. The molecule has 1 N–H and O–H groups in total. The predicted octanol–water partition coefficient (Wildman–Crippen LogP) is 2.87. The number of amides is 1. The number of fused-ring (bicyclic) bond motifs is 1. The van der Waals surface area contributed by atoms with Gasteiger partial charge < -0.3 is 24.4 Å². The third kappa shape index (κ3) is 4.57. The van der Waals surface area contributed by atoms with E-state index < -0.39 is 6.09 Å². The van der Waals surface area contributed by atoms with Crippen molar-refractivity contribution in [3.05, 3.63) is 42.2 Å². The molecule has 0 aliphatic carbocycles. The Morgan fingerprint density at radius 3 is 2.93 bits per heavy atom. The molecule has 0 spiro atoms. The van der Waals surface area contributed by atoms with Crippen LogP contribution < -0.4 is 19.7 Å². The number of thiazole rings is 1. The van der Waals surface area contributed by atoms with Gasteiger partial charge in [0.25, 0.3) is 5.19 Å². The summed E-state index contributed by atoms with van der Waals surface area (Å²) in [6.07, 6.45) is 3.65. The van der Waals surface area contributed by atoms with Gasteiger partial charge in [-0.1, -0.05) is 17.4 Å². The number of morpholine rings is 1. The van der Waals surface area contributed by atoms with E-state index in [1.807, 2.05) is 24.3 Å². The summed E-state index contributed by atoms with van der Waals surface area (Å²) in [5.74, 6) is 0.653. The number of anilines is 1. The van der Waals surface area contributed by atoms with E-state index in [0.29, 0.717) is 37.4 Å². The molecule has 0 bridgehead atoms. The molecule has 4 rings (SSSR count). The first-order chi connectivity index (χ1) is 14.2. The molecule has 152 valence electrons. The number of methoxy groups -OCH3 is 1. The SMILES string of the molecule is COc1ccc(N2CCOCC2)c2sc(OC(=O)NCCc3cccnc3)nc12. The number of benzene rings is 1. The molecule has 1 saturated heterocycles. The normalized spacial score (nSPS) is 14.0. The highest BCUT2D eigenvalue weighted by Crippen LogP contribution is 2.40. The Balaban J connectivity index is 1.46. The lowest BCUT2D eigenvalue weighted by atomic mass is 10.2. The number of hydrogen-bond acceptors (Lipinski definition) is 8. The molecule has 0 unspecified atom stereocenters. The zero-order chi connectivity index (χ0) is 20.1. The Morgan fingerprint density at radius 1 is 1.31 bits per heavy atom. The second kappa shape index (κ2) is 9.06. The van der Waals surface area contributed by atoms with Crippen molar-refractivity contribution in [3.63, 3.8) is 0 Å². The van der Waals surface area contributed by atoms with E-state index in [2.05, 4.69) is 20.2 Å². The van der Waals surface area contributed by atoms with Gasteiger partial charge in [-0.15, -0.1) is 0 Å². The Morgan fingerprint density at radius 2 is 2.17 bits per heavy atom. The van der Waals surface area contributed by atoms with Crippen LogP contribution in [0, 0.1) is 0 Å². The maximum atomic E-state index is 12.2. The summed E-state index contributed by atoms with van der Waals surface area (Å²) in [5.41, 5.74) is 2.79. The molecular formula is C20H22N4O4S. The highest BCUT2D eigenvalue weighted by atomic mass is 32.1. The van der Waals surface area contributed by atoms with Crippen molar-refractivity contribution in [1.82, 2.24) is 15.3 Å². The average Bonchev–Trinajstić information content (AvgIpc) is 3.18. The first-order valence-corrected chi connectivity index (χ1v) is 10.2. The second-order valence-electron chi connectivity index (χ2n) is 6.47. The molecule has 1 aliphatic heterocycles. The largest absolute Gasteiger partial charge is 0.494 e. The summed E-state index contributed by atoms with van der Waals surface area (Å²) in [5, 5.41) is 3.04. The smallest absolute Gasteiger partial charge is 0.414 e. The molecule has 0 atom stereocenters. The van der Waals surface area contributed by atoms with E-state index in [9.17, 15) is 4.79 Å². The van der Waals surface area contributed by atoms with Gasteiger partial charge in [0.1, 0.15) is 11.3 Å². The minimum absolute atomic E-state index is 0.290. The van der Waals surface area contributed by atoms with Gasteiger partial charge in [0.2, 0.25) is 0 Å². The topological polar surface area (TPSA) is 85.8 Å². The monoisotopic (exact) mass is 414 g/mol. The Labute approximate surface area is 172 Å². The van der Waals surface area contributed by atoms with Crippen LogP contribution in [0.15, 0.2) is 36.7 Å². The van der Waals surface area contributed by atoms with E-state index >= 15 is 0 Å². The molecule has 0 saturated carbocycles. The van der Waals surface area contributed by atoms with Crippen molar-refractivity contribution in [2.24, 2.45) is 0 Å². The number of nitrogens with zero attached hydrogens (tertiary/aromatic N) is 3. The first kappa shape index (κ1) is 19.4. The molecule has 0 radical (unpaired) electrons. The lowest BCUT2D eigenvalue weighted by molar-refractivity contribution is 0.123. The van der Waals surface area contributed by atoms with Crippen molar-refractivity contribution in [2.75, 3.05) is 44.9 Å². The molecule has 2 aromatic heterocycles. The number of nitrogens with one attached hydrogen (secondary N) is 1. The molecule has 9 heteroatoms. The van der Waals surface area contributed by atoms with E-state index in [1.54, 1.807) is 19.5 Å². The standard InChI is InChI=1S/C20H22N4O4S/c1-26-16-5-4-15(24-9-11-27-12-10-24)18-17(16)23-20(29-18)28-19(25)22-8-6-14-3-2-7-21-13-14/h2-5,7,13H,6,8-12H2,1H3,(H,22,25). The van der Waals surface area contributed by atoms with Gasteiger partial charge in [0, 0.05) is 32.0 Å². The van der Waals surface area contributed by atoms with Crippen molar-refractivity contribution in [1.29, 1.82) is 0 Å². The second-order valence-corrected chi connectivity index (χ2v) is 7.43. The van der Waals surface area contributed by atoms with Gasteiger partial charge >= 0.3 is 6.09 Å². The summed E-state index contributed by atoms with van der Waals surface area (Å²) < 4.78 is 17.2. The van der Waals surface area contributed by atoms with Crippen LogP contribution in [0.2, 0.25) is 0 Å². The van der Waals surface area contributed by atoms with Crippen LogP contribution in [0.5, 0.6) is 10.9 Å². The average molecular weight is 414 g/mol. The minimum Gasteiger partial charge on any atom is -0.494 e. The van der Waals surface area contributed by atoms with Crippen molar-refractivity contribution in [2.45, 2.75) is 6.42 Å². The fourth-order valence-electron chi connectivity index (χ4n) is 3.18. The van der Waals surface area contributed by atoms with E-state index in [-0.39, 0.29) is 5.19 Å². The summed E-state index contributed by atoms with van der Waals surface area (Å²) in [4.78, 5) is 23.0. The predicted molar refractivity (Wildman–Crippen MR) is 111 cm³/mol. The van der Waals surface area contributed by atoms with Crippen LogP contribution >= 0.6 is 11.3 Å². The fraction of sp³-hybridized carbons (Fsp3) is 0.350. The summed E-state index contributed by atoms with van der Waals surface area (Å²) in [6, 6.07) is 7.74. The van der Waals surface area contributed by atoms with Gasteiger partial charge in [0.05, 0.1) is 30.7 Å². The molecule has 1 aromatic carbocycles. The number of rotatable bonds is 6. The molecule has 1 amide bonds. The lowest BCUT2D eigenvalue weighted by Gasteiger charge is -2.29. The van der Waals surface area contributed by atoms with Crippen LogP contribution in [0.1, 0.15) is 5.56 Å². The summed E-state index contributed by atoms with van der Waals surface area (Å²) in [7, 11) is 1.61. The number of ether oxygens (including phenoxy) is 3. The summed E-state index contributed by atoms with van der Waals surface area (Å²) in [6.45, 7) is 3.45. The molecule has 3 heterocycles. The number of hydrogen-bond donors (Lipinski definition) is 1. The molecule has 3 aromatic rings. The Kier molecular flexibility index (Phi) is 6.06. The van der Waals surface area contributed by atoms with Crippen molar-refractivity contribution in [3.8, 4) is 10.9 Å². The van der Waals surface area contributed by atoms with Gasteiger partial charge in [-0.2, -0.15) is 4.98 Å². The van der Waals surface area contributed by atoms with Gasteiger partial charge in [0.15, 0.2) is 0 Å². The van der Waals surface area contributed by atoms with E-state index in [4.69, 9.17) is 14.2 Å². The van der Waals surface area contributed by atoms with Crippen molar-refractivity contribution < 1.29 is 19.0 Å². The highest BCUT2D eigenvalue weighted by molar-refractivity contribution is 7.21. The zero-order valence-electron chi connectivity index (χ0n) is 16.1. The van der Waals surface area contributed by atoms with Gasteiger partial charge in [-0.05, 0) is 30.2 Å². The Bertz CT molecular complexity index is 973. The fourth-order valence-corrected chi connectivity index (χ4v) is 4.16.